The van der Waals surface area contributed by atoms with Gasteiger partial charge in [-0.3, -0.25) is 9.48 Å². The maximum Gasteiger partial charge on any atom is 0.257 e. The molecule has 0 radical (unpaired) electrons. The molecule has 0 aromatic carbocycles. The van der Waals surface area contributed by atoms with Crippen molar-refractivity contribution in [2.45, 2.75) is 12.5 Å². The van der Waals surface area contributed by atoms with Crippen LogP contribution in [-0.4, -0.2) is 40.0 Å². The Labute approximate surface area is 121 Å². The van der Waals surface area contributed by atoms with Gasteiger partial charge in [0, 0.05) is 31.9 Å². The molecule has 3 rings (SSSR count). The molecule has 2 aromatic rings. The van der Waals surface area contributed by atoms with Crippen molar-refractivity contribution >= 4 is 11.6 Å². The second-order valence-corrected chi connectivity index (χ2v) is 4.85. The first-order valence-corrected chi connectivity index (χ1v) is 6.71. The minimum atomic E-state index is -0.230. The number of hydrogen-bond donors (Lipinski definition) is 1. The SMILES string of the molecule is Cn1cc(NC(=O)c2ccc(OC3CCOC3)nc2)cn1. The summed E-state index contributed by atoms with van der Waals surface area (Å²) in [5.74, 6) is 0.273. The Hall–Kier alpha value is -2.41. The van der Waals surface area contributed by atoms with Crippen molar-refractivity contribution in [1.82, 2.24) is 14.8 Å². The van der Waals surface area contributed by atoms with Gasteiger partial charge in [-0.25, -0.2) is 4.98 Å². The highest BCUT2D eigenvalue weighted by Crippen LogP contribution is 2.15. The summed E-state index contributed by atoms with van der Waals surface area (Å²) >= 11 is 0. The number of pyridine rings is 1. The fraction of sp³-hybridized carbons (Fsp3) is 0.357. The third-order valence-electron chi connectivity index (χ3n) is 3.14. The Balaban J connectivity index is 1.61. The van der Waals surface area contributed by atoms with Crippen molar-refractivity contribution in [3.8, 4) is 5.88 Å². The van der Waals surface area contributed by atoms with Crippen LogP contribution in [0.2, 0.25) is 0 Å². The molecule has 0 saturated carbocycles. The Morgan fingerprint density at radius 1 is 1.48 bits per heavy atom. The van der Waals surface area contributed by atoms with Crippen molar-refractivity contribution < 1.29 is 14.3 Å². The predicted octanol–water partition coefficient (Wildman–Crippen LogP) is 1.24. The third-order valence-corrected chi connectivity index (χ3v) is 3.14. The average molecular weight is 288 g/mol. The molecule has 2 aromatic heterocycles. The number of carbonyl (C=O) groups excluding carboxylic acids is 1. The standard InChI is InChI=1S/C14H16N4O3/c1-18-8-11(7-16-18)17-14(19)10-2-3-13(15-6-10)21-12-4-5-20-9-12/h2-3,6-8,12H,4-5,9H2,1H3,(H,17,19). The highest BCUT2D eigenvalue weighted by atomic mass is 16.5. The van der Waals surface area contributed by atoms with Gasteiger partial charge in [0.1, 0.15) is 6.10 Å². The monoisotopic (exact) mass is 288 g/mol. The lowest BCUT2D eigenvalue weighted by Crippen LogP contribution is -2.17. The van der Waals surface area contributed by atoms with Gasteiger partial charge in [-0.2, -0.15) is 5.10 Å². The summed E-state index contributed by atoms with van der Waals surface area (Å²) < 4.78 is 12.5. The molecule has 1 aliphatic rings. The van der Waals surface area contributed by atoms with E-state index in [9.17, 15) is 4.79 Å². The number of ether oxygens (including phenoxy) is 2. The first kappa shape index (κ1) is 13.6. The normalized spacial score (nSPS) is 17.7. The quantitative estimate of drug-likeness (QED) is 0.915. The summed E-state index contributed by atoms with van der Waals surface area (Å²) in [5, 5.41) is 6.74. The minimum Gasteiger partial charge on any atom is -0.472 e. The van der Waals surface area contributed by atoms with E-state index in [1.165, 1.54) is 6.20 Å². The van der Waals surface area contributed by atoms with Gasteiger partial charge in [-0.05, 0) is 6.07 Å². The smallest absolute Gasteiger partial charge is 0.257 e. The Bertz CT molecular complexity index is 617. The Morgan fingerprint density at radius 3 is 3.00 bits per heavy atom. The molecule has 1 aliphatic heterocycles. The minimum absolute atomic E-state index is 0.0487. The van der Waals surface area contributed by atoms with Crippen LogP contribution in [0.15, 0.2) is 30.7 Å². The summed E-state index contributed by atoms with van der Waals surface area (Å²) in [6.07, 6.45) is 5.72. The molecule has 7 heteroatoms. The Kier molecular flexibility index (Phi) is 3.83. The topological polar surface area (TPSA) is 78.3 Å². The molecule has 21 heavy (non-hydrogen) atoms. The fourth-order valence-corrected chi connectivity index (χ4v) is 2.05. The number of rotatable bonds is 4. The zero-order chi connectivity index (χ0) is 14.7. The predicted molar refractivity (Wildman–Crippen MR) is 75.3 cm³/mol. The van der Waals surface area contributed by atoms with E-state index < -0.39 is 0 Å². The summed E-state index contributed by atoms with van der Waals surface area (Å²) in [6, 6.07) is 3.38. The molecule has 1 unspecified atom stereocenters. The molecule has 110 valence electrons. The molecule has 1 N–H and O–H groups in total. The summed E-state index contributed by atoms with van der Waals surface area (Å²) in [7, 11) is 1.79. The van der Waals surface area contributed by atoms with Gasteiger partial charge in [0.15, 0.2) is 0 Å². The van der Waals surface area contributed by atoms with E-state index in [-0.39, 0.29) is 12.0 Å². The van der Waals surface area contributed by atoms with Gasteiger partial charge in [0.2, 0.25) is 5.88 Å². The van der Waals surface area contributed by atoms with Crippen LogP contribution < -0.4 is 10.1 Å². The number of aromatic nitrogens is 3. The number of amides is 1. The lowest BCUT2D eigenvalue weighted by atomic mass is 10.2. The van der Waals surface area contributed by atoms with Crippen LogP contribution in [0.5, 0.6) is 5.88 Å². The number of hydrogen-bond acceptors (Lipinski definition) is 5. The average Bonchev–Trinajstić information content (AvgIpc) is 3.12. The first-order valence-electron chi connectivity index (χ1n) is 6.71. The van der Waals surface area contributed by atoms with Gasteiger partial charge in [0.25, 0.3) is 5.91 Å². The van der Waals surface area contributed by atoms with E-state index in [1.54, 1.807) is 36.3 Å². The highest BCUT2D eigenvalue weighted by molar-refractivity contribution is 6.03. The molecule has 0 aliphatic carbocycles. The molecular formula is C14H16N4O3. The van der Waals surface area contributed by atoms with E-state index in [0.717, 1.165) is 13.0 Å². The van der Waals surface area contributed by atoms with Gasteiger partial charge in [-0.15, -0.1) is 0 Å². The molecule has 3 heterocycles. The number of carbonyl (C=O) groups is 1. The number of nitrogens with one attached hydrogen (secondary N) is 1. The molecule has 7 nitrogen and oxygen atoms in total. The maximum absolute atomic E-state index is 12.0. The largest absolute Gasteiger partial charge is 0.472 e. The molecule has 1 atom stereocenters. The van der Waals surface area contributed by atoms with Gasteiger partial charge < -0.3 is 14.8 Å². The molecule has 1 amide bonds. The number of nitrogens with zero attached hydrogens (tertiary/aromatic N) is 3. The fourth-order valence-electron chi connectivity index (χ4n) is 2.05. The van der Waals surface area contributed by atoms with E-state index in [1.807, 2.05) is 0 Å². The van der Waals surface area contributed by atoms with Crippen molar-refractivity contribution in [3.63, 3.8) is 0 Å². The van der Waals surface area contributed by atoms with Crippen LogP contribution in [-0.2, 0) is 11.8 Å². The zero-order valence-corrected chi connectivity index (χ0v) is 11.7. The van der Waals surface area contributed by atoms with Crippen LogP contribution in [0.25, 0.3) is 0 Å². The summed E-state index contributed by atoms with van der Waals surface area (Å²) in [5.41, 5.74) is 1.11. The van der Waals surface area contributed by atoms with Crippen LogP contribution in [0, 0.1) is 0 Å². The van der Waals surface area contributed by atoms with Crippen LogP contribution in [0.1, 0.15) is 16.8 Å². The molecule has 1 saturated heterocycles. The summed E-state index contributed by atoms with van der Waals surface area (Å²) in [6.45, 7) is 1.31. The van der Waals surface area contributed by atoms with E-state index in [2.05, 4.69) is 15.4 Å². The zero-order valence-electron chi connectivity index (χ0n) is 11.7. The lowest BCUT2D eigenvalue weighted by Gasteiger charge is -2.10. The van der Waals surface area contributed by atoms with Crippen LogP contribution >= 0.6 is 0 Å². The van der Waals surface area contributed by atoms with E-state index >= 15 is 0 Å². The summed E-state index contributed by atoms with van der Waals surface area (Å²) in [4.78, 5) is 16.2. The van der Waals surface area contributed by atoms with Crippen LogP contribution in [0.3, 0.4) is 0 Å². The number of aryl methyl sites for hydroxylation is 1. The lowest BCUT2D eigenvalue weighted by molar-refractivity contribution is 0.102. The van der Waals surface area contributed by atoms with Gasteiger partial charge in [0.05, 0.1) is 30.7 Å². The first-order chi connectivity index (χ1) is 10.2. The second-order valence-electron chi connectivity index (χ2n) is 4.85. The molecule has 0 bridgehead atoms. The third kappa shape index (κ3) is 3.38. The van der Waals surface area contributed by atoms with Crippen molar-refractivity contribution in [2.24, 2.45) is 7.05 Å². The van der Waals surface area contributed by atoms with Crippen molar-refractivity contribution in [3.05, 3.63) is 36.3 Å². The number of anilines is 1. The molecule has 0 spiro atoms. The van der Waals surface area contributed by atoms with Crippen molar-refractivity contribution in [2.75, 3.05) is 18.5 Å². The Morgan fingerprint density at radius 2 is 2.38 bits per heavy atom. The maximum atomic E-state index is 12.0. The van der Waals surface area contributed by atoms with E-state index in [0.29, 0.717) is 23.7 Å². The van der Waals surface area contributed by atoms with Crippen LogP contribution in [0.4, 0.5) is 5.69 Å². The molecule has 1 fully saturated rings. The van der Waals surface area contributed by atoms with Crippen molar-refractivity contribution in [1.29, 1.82) is 0 Å². The van der Waals surface area contributed by atoms with Gasteiger partial charge in [-0.1, -0.05) is 0 Å². The van der Waals surface area contributed by atoms with E-state index in [4.69, 9.17) is 9.47 Å². The highest BCUT2D eigenvalue weighted by Gasteiger charge is 2.17. The second kappa shape index (κ2) is 5.92. The molecular weight excluding hydrogens is 272 g/mol. The van der Waals surface area contributed by atoms with Gasteiger partial charge >= 0.3 is 0 Å².